The number of hydrogen-bond acceptors (Lipinski definition) is 10. The van der Waals surface area contributed by atoms with Crippen LogP contribution in [-0.2, 0) is 4.74 Å². The van der Waals surface area contributed by atoms with Gasteiger partial charge in [0.15, 0.2) is 11.6 Å². The highest BCUT2D eigenvalue weighted by Crippen LogP contribution is 2.51. The molecule has 3 fully saturated rings. The minimum Gasteiger partial charge on any atom is -0.489 e. The largest absolute Gasteiger partial charge is 0.489 e. The molecule has 3 saturated heterocycles. The third-order valence-electron chi connectivity index (χ3n) is 10.4. The van der Waals surface area contributed by atoms with Gasteiger partial charge in [0, 0.05) is 30.5 Å². The Bertz CT molecular complexity index is 2010. The zero-order chi connectivity index (χ0) is 33.5. The first-order chi connectivity index (χ1) is 23.1. The van der Waals surface area contributed by atoms with E-state index in [1.165, 1.54) is 12.1 Å². The third-order valence-corrected chi connectivity index (χ3v) is 11.8. The quantitative estimate of drug-likeness (QED) is 0.239. The zero-order valence-electron chi connectivity index (χ0n) is 26.5. The number of aromatic nitrogens is 2. The molecular formula is C34H34ClF3N6O3S. The topological polar surface area (TPSA) is 110 Å². The predicted octanol–water partition coefficient (Wildman–Crippen LogP) is 6.86. The number of nitriles is 1. The van der Waals surface area contributed by atoms with Gasteiger partial charge in [-0.3, -0.25) is 4.90 Å². The predicted molar refractivity (Wildman–Crippen MR) is 179 cm³/mol. The van der Waals surface area contributed by atoms with Crippen molar-refractivity contribution < 1.29 is 27.4 Å². The molecular weight excluding hydrogens is 665 g/mol. The van der Waals surface area contributed by atoms with Gasteiger partial charge in [-0.1, -0.05) is 31.5 Å². The van der Waals surface area contributed by atoms with Crippen LogP contribution in [0.15, 0.2) is 12.1 Å². The van der Waals surface area contributed by atoms with Gasteiger partial charge >= 0.3 is 6.01 Å². The summed E-state index contributed by atoms with van der Waals surface area (Å²) in [5, 5.41) is 10.4. The van der Waals surface area contributed by atoms with Crippen molar-refractivity contribution in [2.24, 2.45) is 5.92 Å². The maximum Gasteiger partial charge on any atom is 0.319 e. The molecule has 252 valence electrons. The number of nitrogens with zero attached hydrogens (tertiary/aromatic N) is 5. The molecule has 0 amide bonds. The molecule has 0 aliphatic carbocycles. The number of ether oxygens (including phenoxy) is 3. The number of fused-ring (bicyclic) bond motifs is 4. The maximum atomic E-state index is 17.2. The lowest BCUT2D eigenvalue weighted by atomic mass is 9.95. The van der Waals surface area contributed by atoms with E-state index in [0.717, 1.165) is 30.7 Å². The normalized spacial score (nSPS) is 25.5. The van der Waals surface area contributed by atoms with Crippen LogP contribution in [0.4, 0.5) is 24.0 Å². The Morgan fingerprint density at radius 3 is 2.85 bits per heavy atom. The fraction of sp³-hybridized carbons (Fsp3) is 0.500. The molecule has 0 radical (unpaired) electrons. The molecule has 0 bridgehead atoms. The van der Waals surface area contributed by atoms with E-state index in [4.69, 9.17) is 36.5 Å². The van der Waals surface area contributed by atoms with Crippen LogP contribution in [0.5, 0.6) is 11.8 Å². The fourth-order valence-corrected chi connectivity index (χ4v) is 9.30. The van der Waals surface area contributed by atoms with Gasteiger partial charge in [0.2, 0.25) is 0 Å². The number of nitrogens with two attached hydrogens (primary N) is 1. The summed E-state index contributed by atoms with van der Waals surface area (Å²) in [4.78, 5) is 13.7. The molecule has 2 unspecified atom stereocenters. The number of benzene rings is 2. The summed E-state index contributed by atoms with van der Waals surface area (Å²) >= 11 is 7.97. The van der Waals surface area contributed by atoms with Gasteiger partial charge in [0.25, 0.3) is 0 Å². The van der Waals surface area contributed by atoms with Crippen LogP contribution in [0.3, 0.4) is 0 Å². The number of nitrogen functional groups attached to an aromatic ring is 1. The lowest BCUT2D eigenvalue weighted by Gasteiger charge is -2.31. The molecule has 4 atom stereocenters. The molecule has 0 saturated carbocycles. The summed E-state index contributed by atoms with van der Waals surface area (Å²) in [5.41, 5.74) is 5.66. The van der Waals surface area contributed by atoms with E-state index >= 15 is 8.78 Å². The summed E-state index contributed by atoms with van der Waals surface area (Å²) < 4.78 is 65.9. The third kappa shape index (κ3) is 4.86. The monoisotopic (exact) mass is 698 g/mol. The second kappa shape index (κ2) is 11.8. The van der Waals surface area contributed by atoms with Gasteiger partial charge in [-0.05, 0) is 43.4 Å². The van der Waals surface area contributed by atoms with Gasteiger partial charge in [0.1, 0.15) is 47.6 Å². The minimum atomic E-state index is -0.943. The van der Waals surface area contributed by atoms with Crippen LogP contribution in [0.2, 0.25) is 5.02 Å². The molecule has 6 heterocycles. The second-order valence-electron chi connectivity index (χ2n) is 13.6. The minimum absolute atomic E-state index is 0.0175. The zero-order valence-corrected chi connectivity index (χ0v) is 28.1. The van der Waals surface area contributed by atoms with Crippen molar-refractivity contribution in [3.8, 4) is 29.0 Å². The summed E-state index contributed by atoms with van der Waals surface area (Å²) in [6, 6.07) is 4.30. The Morgan fingerprint density at radius 1 is 1.23 bits per heavy atom. The molecule has 4 aliphatic rings. The molecule has 8 rings (SSSR count). The standard InChI is InChI=1S/C34H34ClF3N6O3S/c1-16(2)22-6-9-44-18(13-45-22)14-46-29-25-28(41-33(42-32(25)44)47-15-34-7-3-8-43(34)12-17(36)10-34)27(38)24(26(29)35)19-4-5-21(37)30-23(19)20(11-39)31(40)48-30/h4-5,16-18,22H,3,6-10,12-15,40H2,1-2H3/t17-,18?,22?,34+/m1/s1. The molecule has 14 heteroatoms. The molecule has 2 aromatic carbocycles. The van der Waals surface area contributed by atoms with Crippen molar-refractivity contribution in [3.63, 3.8) is 0 Å². The van der Waals surface area contributed by atoms with Crippen molar-refractivity contribution in [1.29, 1.82) is 5.26 Å². The first kappa shape index (κ1) is 31.7. The van der Waals surface area contributed by atoms with Gasteiger partial charge in [-0.25, -0.2) is 13.2 Å². The van der Waals surface area contributed by atoms with Crippen molar-refractivity contribution in [2.75, 3.05) is 50.1 Å². The molecule has 2 N–H and O–H groups in total. The molecule has 0 spiro atoms. The Morgan fingerprint density at radius 2 is 2.06 bits per heavy atom. The van der Waals surface area contributed by atoms with E-state index in [2.05, 4.69) is 28.6 Å². The number of rotatable bonds is 5. The van der Waals surface area contributed by atoms with E-state index in [9.17, 15) is 9.65 Å². The number of anilines is 2. The molecule has 9 nitrogen and oxygen atoms in total. The van der Waals surface area contributed by atoms with Crippen molar-refractivity contribution >= 4 is 54.7 Å². The number of alkyl halides is 1. The average molecular weight is 699 g/mol. The summed E-state index contributed by atoms with van der Waals surface area (Å²) in [6.45, 7) is 6.61. The smallest absolute Gasteiger partial charge is 0.319 e. The first-order valence-corrected chi connectivity index (χ1v) is 17.5. The lowest BCUT2D eigenvalue weighted by molar-refractivity contribution is 0.0185. The molecule has 4 aromatic rings. The SMILES string of the molecule is CC(C)C1CCN2c3nc(OC[C@@]45CCCN4C[C@H](F)C5)nc4c(F)c(-c5ccc(F)c6sc(N)c(C#N)c56)c(Cl)c(c34)OCC2CO1. The van der Waals surface area contributed by atoms with Crippen LogP contribution >= 0.6 is 22.9 Å². The van der Waals surface area contributed by atoms with Gasteiger partial charge in [0.05, 0.1) is 45.0 Å². The molecule has 48 heavy (non-hydrogen) atoms. The fourth-order valence-electron chi connectivity index (χ4n) is 8.01. The first-order valence-electron chi connectivity index (χ1n) is 16.3. The maximum absolute atomic E-state index is 17.2. The number of hydrogen-bond donors (Lipinski definition) is 1. The van der Waals surface area contributed by atoms with Crippen molar-refractivity contribution in [3.05, 3.63) is 34.4 Å². The van der Waals surface area contributed by atoms with Crippen molar-refractivity contribution in [1.82, 2.24) is 14.9 Å². The Kier molecular flexibility index (Phi) is 7.78. The Hall–Kier alpha value is -3.57. The van der Waals surface area contributed by atoms with E-state index in [-0.39, 0.29) is 90.7 Å². The Balaban J connectivity index is 1.33. The van der Waals surface area contributed by atoms with Crippen LogP contribution in [0.1, 0.15) is 45.1 Å². The van der Waals surface area contributed by atoms with Crippen molar-refractivity contribution in [2.45, 2.75) is 63.4 Å². The van der Waals surface area contributed by atoms with Gasteiger partial charge < -0.3 is 24.8 Å². The van der Waals surface area contributed by atoms with E-state index in [0.29, 0.717) is 38.4 Å². The lowest BCUT2D eigenvalue weighted by Crippen LogP contribution is -2.43. The van der Waals surface area contributed by atoms with Crippen LogP contribution in [0, 0.1) is 28.9 Å². The number of halogens is 4. The van der Waals surface area contributed by atoms with Crippen LogP contribution in [0.25, 0.3) is 32.1 Å². The van der Waals surface area contributed by atoms with E-state index in [1.807, 2.05) is 6.07 Å². The van der Waals surface area contributed by atoms with Crippen LogP contribution in [-0.4, -0.2) is 78.2 Å². The van der Waals surface area contributed by atoms with Gasteiger partial charge in [-0.15, -0.1) is 11.3 Å². The summed E-state index contributed by atoms with van der Waals surface area (Å²) in [7, 11) is 0. The van der Waals surface area contributed by atoms with Crippen LogP contribution < -0.4 is 20.1 Å². The summed E-state index contributed by atoms with van der Waals surface area (Å²) in [5.74, 6) is -0.516. The molecule has 4 aliphatic heterocycles. The highest BCUT2D eigenvalue weighted by Gasteiger charge is 2.49. The Labute approximate surface area is 284 Å². The highest BCUT2D eigenvalue weighted by molar-refractivity contribution is 7.23. The van der Waals surface area contributed by atoms with E-state index in [1.54, 1.807) is 0 Å². The highest BCUT2D eigenvalue weighted by atomic mass is 35.5. The average Bonchev–Trinajstić information content (AvgIpc) is 3.59. The second-order valence-corrected chi connectivity index (χ2v) is 15.0. The molecule has 2 aromatic heterocycles. The number of thiophene rings is 1. The van der Waals surface area contributed by atoms with E-state index < -0.39 is 23.3 Å². The summed E-state index contributed by atoms with van der Waals surface area (Å²) in [6.07, 6.45) is 1.86. The van der Waals surface area contributed by atoms with Gasteiger partial charge in [-0.2, -0.15) is 15.2 Å².